The van der Waals surface area contributed by atoms with Crippen LogP contribution >= 0.6 is 0 Å². The molecule has 0 aromatic carbocycles. The maximum atomic E-state index is 12.6. The van der Waals surface area contributed by atoms with E-state index in [1.165, 1.54) is 0 Å². The van der Waals surface area contributed by atoms with Crippen LogP contribution in [-0.4, -0.2) is 32.4 Å². The van der Waals surface area contributed by atoms with E-state index in [-0.39, 0.29) is 0 Å². The highest BCUT2D eigenvalue weighted by Crippen LogP contribution is 2.18. The maximum absolute atomic E-state index is 12.6. The molecular weight excluding hydrogens is 212 g/mol. The second-order valence-electron chi connectivity index (χ2n) is 2.77. The molecule has 0 bridgehead atoms. The van der Waals surface area contributed by atoms with Gasteiger partial charge in [-0.2, -0.15) is 13.8 Å². The van der Waals surface area contributed by atoms with E-state index < -0.39 is 35.6 Å². The average Bonchev–Trinajstić information content (AvgIpc) is 2.13. The number of hydrogen-bond donors (Lipinski definition) is 3. The lowest BCUT2D eigenvalue weighted by atomic mass is 10.1. The summed E-state index contributed by atoms with van der Waals surface area (Å²) in [4.78, 5) is 13.0. The molecule has 15 heavy (non-hydrogen) atoms. The molecule has 0 aliphatic rings. The summed E-state index contributed by atoms with van der Waals surface area (Å²) in [5.41, 5.74) is -0.394. The number of nitrogens with zero attached hydrogens (tertiary/aromatic N) is 1. The molecule has 0 amide bonds. The molecule has 1 aromatic rings. The smallest absolute Gasteiger partial charge is 0.335 e. The monoisotopic (exact) mass is 219 g/mol. The molecule has 0 fully saturated rings. The van der Waals surface area contributed by atoms with E-state index in [0.717, 1.165) is 0 Å². The predicted octanol–water partition coefficient (Wildman–Crippen LogP) is -0.161. The number of hydrogen-bond acceptors (Lipinski definition) is 4. The van der Waals surface area contributed by atoms with E-state index in [2.05, 4.69) is 4.98 Å². The lowest BCUT2D eigenvalue weighted by Gasteiger charge is -2.13. The van der Waals surface area contributed by atoms with Gasteiger partial charge in [-0.15, -0.1) is 0 Å². The average molecular weight is 219 g/mol. The minimum atomic E-state index is -2.15. The summed E-state index contributed by atoms with van der Waals surface area (Å²) in [6.07, 6.45) is -4.05. The molecule has 7 heteroatoms. The summed E-state index contributed by atoms with van der Waals surface area (Å²) in [7, 11) is 0. The molecule has 1 rings (SSSR count). The van der Waals surface area contributed by atoms with Crippen LogP contribution in [0.2, 0.25) is 0 Å². The zero-order valence-electron chi connectivity index (χ0n) is 7.26. The summed E-state index contributed by atoms with van der Waals surface area (Å²) in [6, 6.07) is 1.28. The van der Waals surface area contributed by atoms with Gasteiger partial charge in [0.1, 0.15) is 6.10 Å². The number of pyridine rings is 1. The normalized spacial score (nSPS) is 14.7. The molecule has 1 heterocycles. The van der Waals surface area contributed by atoms with Crippen molar-refractivity contribution in [2.24, 2.45) is 0 Å². The molecule has 82 valence electrons. The van der Waals surface area contributed by atoms with Crippen LogP contribution in [0.15, 0.2) is 12.1 Å². The van der Waals surface area contributed by atoms with Crippen LogP contribution in [0.5, 0.6) is 0 Å². The van der Waals surface area contributed by atoms with Crippen LogP contribution in [0.1, 0.15) is 11.7 Å². The highest BCUT2D eigenvalue weighted by atomic mass is 19.1. The Morgan fingerprint density at radius 3 is 2.13 bits per heavy atom. The number of aromatic nitrogens is 1. The van der Waals surface area contributed by atoms with Crippen LogP contribution in [0, 0.1) is 11.9 Å². The standard InChI is InChI=1S/C8H7F2NO4/c9-4-1-3(2-5(10)11-4)6(12)7(13)8(14)15/h1-2,6-7,12-13H,(H,14,15). The molecule has 1 aromatic heterocycles. The van der Waals surface area contributed by atoms with Crippen molar-refractivity contribution in [3.8, 4) is 0 Å². The van der Waals surface area contributed by atoms with Crippen molar-refractivity contribution in [1.82, 2.24) is 4.98 Å². The topological polar surface area (TPSA) is 90.7 Å². The van der Waals surface area contributed by atoms with Crippen LogP contribution < -0.4 is 0 Å². The van der Waals surface area contributed by atoms with Crippen LogP contribution in [0.25, 0.3) is 0 Å². The molecule has 2 atom stereocenters. The minimum Gasteiger partial charge on any atom is -0.479 e. The Hall–Kier alpha value is -1.60. The number of aliphatic carboxylic acids is 1. The van der Waals surface area contributed by atoms with E-state index in [1.54, 1.807) is 0 Å². The minimum absolute atomic E-state index is 0.394. The van der Waals surface area contributed by atoms with E-state index in [0.29, 0.717) is 12.1 Å². The second kappa shape index (κ2) is 4.28. The quantitative estimate of drug-likeness (QED) is 0.614. The van der Waals surface area contributed by atoms with Gasteiger partial charge < -0.3 is 15.3 Å². The largest absolute Gasteiger partial charge is 0.479 e. The van der Waals surface area contributed by atoms with Crippen molar-refractivity contribution in [2.45, 2.75) is 12.2 Å². The van der Waals surface area contributed by atoms with E-state index >= 15 is 0 Å². The molecule has 0 radical (unpaired) electrons. The van der Waals surface area contributed by atoms with Gasteiger partial charge in [0.2, 0.25) is 11.9 Å². The molecule has 5 nitrogen and oxygen atoms in total. The highest BCUT2D eigenvalue weighted by Gasteiger charge is 2.26. The lowest BCUT2D eigenvalue weighted by molar-refractivity contribution is -0.153. The zero-order chi connectivity index (χ0) is 11.6. The molecular formula is C8H7F2NO4. The Kier molecular flexibility index (Phi) is 3.28. The van der Waals surface area contributed by atoms with Crippen molar-refractivity contribution in [1.29, 1.82) is 0 Å². The van der Waals surface area contributed by atoms with Crippen molar-refractivity contribution in [2.75, 3.05) is 0 Å². The Balaban J connectivity index is 3.00. The Morgan fingerprint density at radius 1 is 1.27 bits per heavy atom. The Morgan fingerprint density at radius 2 is 1.73 bits per heavy atom. The third kappa shape index (κ3) is 2.67. The van der Waals surface area contributed by atoms with E-state index in [1.807, 2.05) is 0 Å². The van der Waals surface area contributed by atoms with E-state index in [9.17, 15) is 18.7 Å². The molecule has 0 aliphatic heterocycles. The summed E-state index contributed by atoms with van der Waals surface area (Å²) in [6.45, 7) is 0. The number of aliphatic hydroxyl groups is 2. The number of rotatable bonds is 3. The van der Waals surface area contributed by atoms with Crippen LogP contribution in [-0.2, 0) is 4.79 Å². The van der Waals surface area contributed by atoms with Gasteiger partial charge in [-0.05, 0) is 17.7 Å². The fourth-order valence-electron chi connectivity index (χ4n) is 0.971. The predicted molar refractivity (Wildman–Crippen MR) is 42.8 cm³/mol. The van der Waals surface area contributed by atoms with Crippen molar-refractivity contribution in [3.63, 3.8) is 0 Å². The van der Waals surface area contributed by atoms with Gasteiger partial charge in [-0.1, -0.05) is 0 Å². The van der Waals surface area contributed by atoms with Crippen LogP contribution in [0.3, 0.4) is 0 Å². The van der Waals surface area contributed by atoms with Crippen molar-refractivity contribution in [3.05, 3.63) is 29.6 Å². The first-order valence-electron chi connectivity index (χ1n) is 3.83. The second-order valence-corrected chi connectivity index (χ2v) is 2.77. The molecule has 0 saturated heterocycles. The number of carbonyl (C=O) groups is 1. The van der Waals surface area contributed by atoms with Crippen LogP contribution in [0.4, 0.5) is 8.78 Å². The van der Waals surface area contributed by atoms with E-state index in [4.69, 9.17) is 10.2 Å². The maximum Gasteiger partial charge on any atom is 0.335 e. The number of carboxylic acids is 1. The fraction of sp³-hybridized carbons (Fsp3) is 0.250. The van der Waals surface area contributed by atoms with Gasteiger partial charge in [0.15, 0.2) is 6.10 Å². The van der Waals surface area contributed by atoms with Gasteiger partial charge in [-0.3, -0.25) is 0 Å². The first-order valence-corrected chi connectivity index (χ1v) is 3.83. The number of aliphatic hydroxyl groups excluding tert-OH is 2. The SMILES string of the molecule is O=C(O)C(O)C(O)c1cc(F)nc(F)c1. The molecule has 0 spiro atoms. The molecule has 3 N–H and O–H groups in total. The third-order valence-electron chi connectivity index (χ3n) is 1.68. The van der Waals surface area contributed by atoms with Gasteiger partial charge in [-0.25, -0.2) is 4.79 Å². The first kappa shape index (κ1) is 11.5. The number of carboxylic acid groups (broad SMARTS) is 1. The number of halogens is 2. The van der Waals surface area contributed by atoms with Crippen molar-refractivity contribution < 1.29 is 28.9 Å². The third-order valence-corrected chi connectivity index (χ3v) is 1.68. The van der Waals surface area contributed by atoms with Gasteiger partial charge in [0.05, 0.1) is 0 Å². The van der Waals surface area contributed by atoms with Gasteiger partial charge >= 0.3 is 5.97 Å². The Labute approximate surface area is 82.6 Å². The highest BCUT2D eigenvalue weighted by molar-refractivity contribution is 5.73. The zero-order valence-corrected chi connectivity index (χ0v) is 7.26. The summed E-state index contributed by atoms with van der Waals surface area (Å²) in [5, 5.41) is 26.5. The fourth-order valence-corrected chi connectivity index (χ4v) is 0.971. The molecule has 0 saturated carbocycles. The van der Waals surface area contributed by atoms with Gasteiger partial charge in [0.25, 0.3) is 0 Å². The van der Waals surface area contributed by atoms with Crippen molar-refractivity contribution >= 4 is 5.97 Å². The summed E-state index contributed by atoms with van der Waals surface area (Å²) >= 11 is 0. The lowest BCUT2D eigenvalue weighted by Crippen LogP contribution is -2.27. The Bertz CT molecular complexity index is 365. The summed E-state index contributed by atoms with van der Waals surface area (Å²) in [5.74, 6) is -4.11. The van der Waals surface area contributed by atoms with Gasteiger partial charge in [0, 0.05) is 0 Å². The summed E-state index contributed by atoms with van der Waals surface area (Å²) < 4.78 is 25.1. The molecule has 2 unspecified atom stereocenters. The first-order chi connectivity index (χ1) is 6.91. The molecule has 0 aliphatic carbocycles.